The van der Waals surface area contributed by atoms with E-state index in [-0.39, 0.29) is 24.8 Å². The maximum Gasteiger partial charge on any atom is 0.410 e. The highest BCUT2D eigenvalue weighted by Gasteiger charge is 2.49. The second-order valence-corrected chi connectivity index (χ2v) is 11.2. The normalized spacial score (nSPS) is 19.4. The summed E-state index contributed by atoms with van der Waals surface area (Å²) in [7, 11) is 0. The summed E-state index contributed by atoms with van der Waals surface area (Å²) < 4.78 is 12.9. The van der Waals surface area contributed by atoms with Crippen LogP contribution in [-0.2, 0) is 4.74 Å². The molecule has 0 spiro atoms. The number of anilines is 1. The van der Waals surface area contributed by atoms with E-state index >= 15 is 0 Å². The van der Waals surface area contributed by atoms with Gasteiger partial charge in [-0.05, 0) is 47.1 Å². The van der Waals surface area contributed by atoms with Gasteiger partial charge in [0.25, 0.3) is 0 Å². The van der Waals surface area contributed by atoms with Crippen LogP contribution < -0.4 is 9.64 Å². The zero-order valence-electron chi connectivity index (χ0n) is 21.7. The average Bonchev–Trinajstić information content (AvgIpc) is 3.24. The largest absolute Gasteiger partial charge is 0.489 e. The molecule has 2 atom stereocenters. The molecule has 11 heteroatoms. The lowest BCUT2D eigenvalue weighted by Crippen LogP contribution is -2.70. The maximum absolute atomic E-state index is 12.6. The number of aromatic nitrogens is 4. The molecule has 1 amide bonds. The Morgan fingerprint density at radius 3 is 2.49 bits per heavy atom. The highest BCUT2D eigenvalue weighted by atomic mass is 16.6. The highest BCUT2D eigenvalue weighted by Crippen LogP contribution is 2.36. The van der Waals surface area contributed by atoms with Crippen molar-refractivity contribution in [3.05, 3.63) is 36.4 Å². The van der Waals surface area contributed by atoms with Crippen molar-refractivity contribution < 1.29 is 19.4 Å². The van der Waals surface area contributed by atoms with Crippen LogP contribution in [0.5, 0.6) is 5.75 Å². The minimum Gasteiger partial charge on any atom is -0.489 e. The SMILES string of the molecule is CC(C)(O)COc1cc(-c2cnc(N3CC4CC(C3)N4C(=O)OC(C)(C)C)cn2)c2c(C#N)cnn2c1. The Kier molecular flexibility index (Phi) is 5.95. The average molecular weight is 506 g/mol. The van der Waals surface area contributed by atoms with Crippen molar-refractivity contribution in [2.45, 2.75) is 64.3 Å². The molecule has 3 aliphatic heterocycles. The fourth-order valence-corrected chi connectivity index (χ4v) is 4.75. The standard InChI is InChI=1S/C26H31N7O4/c1-25(2,3)37-24(34)33-17-6-18(33)13-31(12-17)22-11-28-21(10-29-22)20-7-19(36-15-26(4,5)35)14-32-23(20)16(8-27)9-30-32/h7,9-11,14,17-18,35H,6,12-13,15H2,1-5H3. The summed E-state index contributed by atoms with van der Waals surface area (Å²) in [5, 5.41) is 23.9. The third-order valence-electron chi connectivity index (χ3n) is 6.33. The van der Waals surface area contributed by atoms with Crippen molar-refractivity contribution in [1.82, 2.24) is 24.5 Å². The van der Waals surface area contributed by atoms with Gasteiger partial charge < -0.3 is 19.5 Å². The van der Waals surface area contributed by atoms with E-state index < -0.39 is 11.2 Å². The summed E-state index contributed by atoms with van der Waals surface area (Å²) in [5.74, 6) is 1.21. The molecule has 1 N–H and O–H groups in total. The molecule has 11 nitrogen and oxygen atoms in total. The molecule has 0 aromatic carbocycles. The molecular formula is C26H31N7O4. The van der Waals surface area contributed by atoms with Crippen LogP contribution in [0, 0.1) is 11.3 Å². The molecule has 3 fully saturated rings. The van der Waals surface area contributed by atoms with Crippen molar-refractivity contribution in [2.24, 2.45) is 0 Å². The summed E-state index contributed by atoms with van der Waals surface area (Å²) in [6, 6.07) is 4.13. The lowest BCUT2D eigenvalue weighted by atomic mass is 9.88. The zero-order valence-corrected chi connectivity index (χ0v) is 21.7. The number of carbonyl (C=O) groups excluding carboxylic acids is 1. The van der Waals surface area contributed by atoms with Crippen LogP contribution in [0.15, 0.2) is 30.9 Å². The predicted octanol–water partition coefficient (Wildman–Crippen LogP) is 3.01. The number of carbonyl (C=O) groups is 1. The van der Waals surface area contributed by atoms with Gasteiger partial charge in [0, 0.05) is 18.7 Å². The summed E-state index contributed by atoms with van der Waals surface area (Å²) in [6.45, 7) is 10.4. The smallest absolute Gasteiger partial charge is 0.410 e. The van der Waals surface area contributed by atoms with Crippen molar-refractivity contribution >= 4 is 17.4 Å². The molecule has 6 heterocycles. The highest BCUT2D eigenvalue weighted by molar-refractivity contribution is 5.83. The van der Waals surface area contributed by atoms with E-state index in [2.05, 4.69) is 26.0 Å². The first-order valence-electron chi connectivity index (χ1n) is 12.3. The topological polar surface area (TPSA) is 129 Å². The molecule has 3 aliphatic rings. The van der Waals surface area contributed by atoms with Crippen LogP contribution in [0.2, 0.25) is 0 Å². The quantitative estimate of drug-likeness (QED) is 0.556. The first-order chi connectivity index (χ1) is 17.4. The monoisotopic (exact) mass is 505 g/mol. The predicted molar refractivity (Wildman–Crippen MR) is 135 cm³/mol. The molecule has 194 valence electrons. The number of ether oxygens (including phenoxy) is 2. The second-order valence-electron chi connectivity index (χ2n) is 11.2. The Morgan fingerprint density at radius 1 is 1.16 bits per heavy atom. The second kappa shape index (κ2) is 8.88. The maximum atomic E-state index is 12.6. The van der Waals surface area contributed by atoms with Crippen molar-refractivity contribution in [3.63, 3.8) is 0 Å². The van der Waals surface area contributed by atoms with Gasteiger partial charge in [0.2, 0.25) is 0 Å². The van der Waals surface area contributed by atoms with Crippen LogP contribution in [0.3, 0.4) is 0 Å². The van der Waals surface area contributed by atoms with E-state index in [4.69, 9.17) is 9.47 Å². The fourth-order valence-electron chi connectivity index (χ4n) is 4.75. The van der Waals surface area contributed by atoms with Gasteiger partial charge in [-0.1, -0.05) is 0 Å². The summed E-state index contributed by atoms with van der Waals surface area (Å²) in [4.78, 5) is 25.9. The van der Waals surface area contributed by atoms with E-state index in [1.54, 1.807) is 43.0 Å². The third kappa shape index (κ3) is 5.02. The molecule has 0 aliphatic carbocycles. The summed E-state index contributed by atoms with van der Waals surface area (Å²) in [6.07, 6.45) is 7.24. The lowest BCUT2D eigenvalue weighted by Gasteiger charge is -2.55. The van der Waals surface area contributed by atoms with E-state index in [0.717, 1.165) is 12.2 Å². The first-order valence-corrected chi connectivity index (χ1v) is 12.3. The van der Waals surface area contributed by atoms with Gasteiger partial charge >= 0.3 is 6.09 Å². The van der Waals surface area contributed by atoms with Gasteiger partial charge in [-0.15, -0.1) is 0 Å². The number of nitrogens with zero attached hydrogens (tertiary/aromatic N) is 7. The van der Waals surface area contributed by atoms with E-state index in [0.29, 0.717) is 41.2 Å². The third-order valence-corrected chi connectivity index (χ3v) is 6.33. The molecule has 2 unspecified atom stereocenters. The van der Waals surface area contributed by atoms with Crippen LogP contribution in [0.1, 0.15) is 46.6 Å². The number of pyridine rings is 1. The molecule has 2 bridgehead atoms. The molecule has 0 radical (unpaired) electrons. The van der Waals surface area contributed by atoms with Gasteiger partial charge in [0.05, 0.1) is 59.2 Å². The molecule has 3 aromatic heterocycles. The molecule has 3 aromatic rings. The number of rotatable bonds is 5. The number of aliphatic hydroxyl groups is 1. The minimum absolute atomic E-state index is 0.0873. The number of hydrogen-bond acceptors (Lipinski definition) is 9. The number of nitriles is 1. The van der Waals surface area contributed by atoms with Crippen LogP contribution in [0.4, 0.5) is 10.6 Å². The van der Waals surface area contributed by atoms with Crippen molar-refractivity contribution in [1.29, 1.82) is 5.26 Å². The van der Waals surface area contributed by atoms with Crippen molar-refractivity contribution in [3.8, 4) is 23.1 Å². The molecule has 0 saturated carbocycles. The number of piperidine rings is 1. The molecule has 37 heavy (non-hydrogen) atoms. The number of hydrogen-bond donors (Lipinski definition) is 1. The van der Waals surface area contributed by atoms with Gasteiger partial charge in [0.1, 0.15) is 29.8 Å². The fraction of sp³-hybridized carbons (Fsp3) is 0.500. The Hall–Kier alpha value is -3.91. The van der Waals surface area contributed by atoms with E-state index in [1.807, 2.05) is 25.7 Å². The molecular weight excluding hydrogens is 474 g/mol. The van der Waals surface area contributed by atoms with Crippen LogP contribution >= 0.6 is 0 Å². The van der Waals surface area contributed by atoms with E-state index in [9.17, 15) is 15.2 Å². The summed E-state index contributed by atoms with van der Waals surface area (Å²) in [5.41, 5.74) is 0.703. The Labute approximate surface area is 215 Å². The molecule has 6 rings (SSSR count). The number of fused-ring (bicyclic) bond motifs is 3. The Balaban J connectivity index is 1.37. The van der Waals surface area contributed by atoms with Gasteiger partial charge in [0.15, 0.2) is 0 Å². The summed E-state index contributed by atoms with van der Waals surface area (Å²) >= 11 is 0. The van der Waals surface area contributed by atoms with Gasteiger partial charge in [-0.3, -0.25) is 9.88 Å². The molecule has 3 saturated heterocycles. The minimum atomic E-state index is -1.01. The number of piperazine rings is 1. The van der Waals surface area contributed by atoms with E-state index in [1.165, 1.54) is 6.20 Å². The zero-order chi connectivity index (χ0) is 26.5. The lowest BCUT2D eigenvalue weighted by molar-refractivity contribution is -0.0380. The van der Waals surface area contributed by atoms with Crippen LogP contribution in [0.25, 0.3) is 16.8 Å². The van der Waals surface area contributed by atoms with Crippen molar-refractivity contribution in [2.75, 3.05) is 24.6 Å². The van der Waals surface area contributed by atoms with Crippen LogP contribution in [-0.4, -0.2) is 78.7 Å². The van der Waals surface area contributed by atoms with Gasteiger partial charge in [-0.2, -0.15) is 10.4 Å². The van der Waals surface area contributed by atoms with Gasteiger partial charge in [-0.25, -0.2) is 14.3 Å². The Morgan fingerprint density at radius 2 is 1.89 bits per heavy atom. The number of amides is 1. The Bertz CT molecular complexity index is 1350. The first kappa shape index (κ1) is 24.8.